The van der Waals surface area contributed by atoms with Crippen molar-refractivity contribution in [1.29, 1.82) is 0 Å². The van der Waals surface area contributed by atoms with Crippen LogP contribution >= 0.6 is 0 Å². The Kier molecular flexibility index (Phi) is 5.53. The van der Waals surface area contributed by atoms with Crippen LogP contribution in [0.2, 0.25) is 0 Å². The summed E-state index contributed by atoms with van der Waals surface area (Å²) in [6.45, 7) is 3.60. The fraction of sp³-hybridized carbons (Fsp3) is 0.357. The van der Waals surface area contributed by atoms with E-state index in [1.54, 1.807) is 0 Å². The molecule has 0 radical (unpaired) electrons. The summed E-state index contributed by atoms with van der Waals surface area (Å²) in [6.07, 6.45) is 5.58. The second-order valence-corrected chi connectivity index (χ2v) is 3.94. The third-order valence-corrected chi connectivity index (χ3v) is 2.54. The van der Waals surface area contributed by atoms with Crippen molar-refractivity contribution in [3.05, 3.63) is 48.1 Å². The van der Waals surface area contributed by atoms with Crippen molar-refractivity contribution in [1.82, 2.24) is 0 Å². The van der Waals surface area contributed by atoms with E-state index >= 15 is 0 Å². The number of carbonyl (C=O) groups excluding carboxylic acids is 1. The molecule has 0 atom stereocenters. The number of benzene rings is 1. The molecule has 92 valence electrons. The van der Waals surface area contributed by atoms with Gasteiger partial charge in [-0.2, -0.15) is 0 Å². The minimum absolute atomic E-state index is 0.145. The highest BCUT2D eigenvalue weighted by molar-refractivity contribution is 5.96. The van der Waals surface area contributed by atoms with Gasteiger partial charge >= 0.3 is 0 Å². The summed E-state index contributed by atoms with van der Waals surface area (Å²) in [5.41, 5.74) is -0.145. The summed E-state index contributed by atoms with van der Waals surface area (Å²) >= 11 is 0. The third-order valence-electron chi connectivity index (χ3n) is 2.54. The molecule has 1 rings (SSSR count). The first-order chi connectivity index (χ1) is 8.15. The smallest absolute Gasteiger partial charge is 0.165 e. The first-order valence-electron chi connectivity index (χ1n) is 5.74. The summed E-state index contributed by atoms with van der Waals surface area (Å²) < 4.78 is 26.1. The van der Waals surface area contributed by atoms with E-state index in [-0.39, 0.29) is 17.8 Å². The Morgan fingerprint density at radius 3 is 2.71 bits per heavy atom. The molecule has 3 heteroatoms. The third kappa shape index (κ3) is 4.47. The molecule has 1 aromatic carbocycles. The Labute approximate surface area is 100 Å². The van der Waals surface area contributed by atoms with Crippen molar-refractivity contribution in [3.8, 4) is 0 Å². The highest BCUT2D eigenvalue weighted by Gasteiger charge is 2.12. The molecule has 17 heavy (non-hydrogen) atoms. The molecular formula is C14H16F2O. The number of allylic oxidation sites excluding steroid dienone is 1. The Hall–Kier alpha value is -1.51. The number of ketones is 1. The molecule has 0 amide bonds. The average molecular weight is 238 g/mol. The number of unbranched alkanes of at least 4 members (excludes halogenated alkanes) is 3. The molecule has 0 bridgehead atoms. The van der Waals surface area contributed by atoms with Gasteiger partial charge in [-0.05, 0) is 37.5 Å². The van der Waals surface area contributed by atoms with Crippen LogP contribution in [0.5, 0.6) is 0 Å². The lowest BCUT2D eigenvalue weighted by atomic mass is 10.0. The number of carbonyl (C=O) groups is 1. The Balaban J connectivity index is 2.46. The standard InChI is InChI=1S/C14H16F2O/c1-2-3-4-5-6-7-14(17)12-10-11(15)8-9-13(12)16/h2,8-10H,1,3-7H2. The van der Waals surface area contributed by atoms with Crippen LogP contribution in [0.1, 0.15) is 42.5 Å². The molecule has 0 saturated heterocycles. The second kappa shape index (κ2) is 6.94. The van der Waals surface area contributed by atoms with E-state index in [0.717, 1.165) is 37.5 Å². The predicted molar refractivity (Wildman–Crippen MR) is 64.0 cm³/mol. The van der Waals surface area contributed by atoms with E-state index in [9.17, 15) is 13.6 Å². The summed E-state index contributed by atoms with van der Waals surface area (Å²) in [6, 6.07) is 2.96. The maximum absolute atomic E-state index is 13.2. The van der Waals surface area contributed by atoms with Crippen molar-refractivity contribution in [2.24, 2.45) is 0 Å². The Morgan fingerprint density at radius 1 is 1.24 bits per heavy atom. The van der Waals surface area contributed by atoms with Crippen molar-refractivity contribution in [2.75, 3.05) is 0 Å². The van der Waals surface area contributed by atoms with Gasteiger partial charge in [0.05, 0.1) is 5.56 Å². The summed E-state index contributed by atoms with van der Waals surface area (Å²) in [5.74, 6) is -1.57. The van der Waals surface area contributed by atoms with Gasteiger partial charge in [-0.3, -0.25) is 4.79 Å². The zero-order valence-corrected chi connectivity index (χ0v) is 9.72. The first-order valence-corrected chi connectivity index (χ1v) is 5.74. The summed E-state index contributed by atoms with van der Waals surface area (Å²) in [7, 11) is 0. The molecule has 0 aliphatic heterocycles. The predicted octanol–water partition coefficient (Wildman–Crippen LogP) is 4.28. The number of Topliss-reactive ketones (excluding diaryl/α,β-unsaturated/α-hetero) is 1. The largest absolute Gasteiger partial charge is 0.294 e. The second-order valence-electron chi connectivity index (χ2n) is 3.94. The van der Waals surface area contributed by atoms with Gasteiger partial charge in [0.15, 0.2) is 5.78 Å². The molecule has 0 saturated carbocycles. The molecule has 0 aliphatic carbocycles. The van der Waals surface area contributed by atoms with E-state index in [4.69, 9.17) is 0 Å². The van der Waals surface area contributed by atoms with Gasteiger partial charge in [0.2, 0.25) is 0 Å². The molecule has 0 unspecified atom stereocenters. The van der Waals surface area contributed by atoms with Crippen molar-refractivity contribution in [3.63, 3.8) is 0 Å². The fourth-order valence-corrected chi connectivity index (χ4v) is 1.60. The van der Waals surface area contributed by atoms with E-state index < -0.39 is 11.6 Å². The zero-order valence-electron chi connectivity index (χ0n) is 9.72. The molecule has 1 nitrogen and oxygen atoms in total. The molecule has 0 aromatic heterocycles. The van der Waals surface area contributed by atoms with Crippen LogP contribution in [-0.2, 0) is 0 Å². The van der Waals surface area contributed by atoms with Crippen LogP contribution in [0.25, 0.3) is 0 Å². The minimum Gasteiger partial charge on any atom is -0.294 e. The van der Waals surface area contributed by atoms with Crippen molar-refractivity contribution >= 4 is 5.78 Å². The zero-order chi connectivity index (χ0) is 12.7. The SMILES string of the molecule is C=CCCCCCC(=O)c1cc(F)ccc1F. The lowest BCUT2D eigenvalue weighted by Crippen LogP contribution is -2.03. The quantitative estimate of drug-likeness (QED) is 0.393. The van der Waals surface area contributed by atoms with Crippen LogP contribution < -0.4 is 0 Å². The number of hydrogen-bond acceptors (Lipinski definition) is 1. The van der Waals surface area contributed by atoms with Gasteiger partial charge in [0.25, 0.3) is 0 Å². The van der Waals surface area contributed by atoms with Gasteiger partial charge in [-0.1, -0.05) is 12.5 Å². The molecule has 1 aromatic rings. The van der Waals surface area contributed by atoms with Gasteiger partial charge in [0.1, 0.15) is 11.6 Å². The fourth-order valence-electron chi connectivity index (χ4n) is 1.60. The molecule has 0 heterocycles. The normalized spacial score (nSPS) is 10.2. The highest BCUT2D eigenvalue weighted by atomic mass is 19.1. The van der Waals surface area contributed by atoms with Crippen LogP contribution in [0, 0.1) is 11.6 Å². The van der Waals surface area contributed by atoms with Crippen molar-refractivity contribution < 1.29 is 13.6 Å². The lowest BCUT2D eigenvalue weighted by molar-refractivity contribution is 0.0975. The Morgan fingerprint density at radius 2 is 2.00 bits per heavy atom. The number of hydrogen-bond donors (Lipinski definition) is 0. The van der Waals surface area contributed by atoms with Crippen molar-refractivity contribution in [2.45, 2.75) is 32.1 Å². The highest BCUT2D eigenvalue weighted by Crippen LogP contribution is 2.14. The van der Waals surface area contributed by atoms with E-state index in [0.29, 0.717) is 6.42 Å². The number of halogens is 2. The molecular weight excluding hydrogens is 222 g/mol. The topological polar surface area (TPSA) is 17.1 Å². The van der Waals surface area contributed by atoms with Crippen LogP contribution in [0.15, 0.2) is 30.9 Å². The Bertz CT molecular complexity index is 399. The summed E-state index contributed by atoms with van der Waals surface area (Å²) in [4.78, 5) is 11.6. The van der Waals surface area contributed by atoms with Gasteiger partial charge in [-0.25, -0.2) is 8.78 Å². The maximum atomic E-state index is 13.2. The van der Waals surface area contributed by atoms with Gasteiger partial charge in [0, 0.05) is 6.42 Å². The molecule has 0 aliphatic rings. The van der Waals surface area contributed by atoms with E-state index in [2.05, 4.69) is 6.58 Å². The van der Waals surface area contributed by atoms with E-state index in [1.807, 2.05) is 6.08 Å². The number of rotatable bonds is 7. The van der Waals surface area contributed by atoms with Crippen LogP contribution in [0.3, 0.4) is 0 Å². The van der Waals surface area contributed by atoms with Crippen LogP contribution in [0.4, 0.5) is 8.78 Å². The molecule has 0 fully saturated rings. The average Bonchev–Trinajstić information content (AvgIpc) is 2.32. The van der Waals surface area contributed by atoms with E-state index in [1.165, 1.54) is 0 Å². The molecule has 0 N–H and O–H groups in total. The lowest BCUT2D eigenvalue weighted by Gasteiger charge is -2.02. The monoisotopic (exact) mass is 238 g/mol. The minimum atomic E-state index is -0.650. The maximum Gasteiger partial charge on any atom is 0.165 e. The molecule has 0 spiro atoms. The van der Waals surface area contributed by atoms with Crippen LogP contribution in [-0.4, -0.2) is 5.78 Å². The van der Waals surface area contributed by atoms with Gasteiger partial charge in [-0.15, -0.1) is 6.58 Å². The first kappa shape index (κ1) is 13.6. The van der Waals surface area contributed by atoms with Gasteiger partial charge < -0.3 is 0 Å². The summed E-state index contributed by atoms with van der Waals surface area (Å²) in [5, 5.41) is 0.